The normalized spacial score (nSPS) is 13.6. The number of carbonyl (C=O) groups is 1. The van der Waals surface area contributed by atoms with Crippen LogP contribution in [0.1, 0.15) is 6.92 Å². The fourth-order valence-corrected chi connectivity index (χ4v) is 0.632. The van der Waals surface area contributed by atoms with Gasteiger partial charge in [0.15, 0.2) is 5.78 Å². The molecule has 0 aliphatic rings. The molecule has 3 heteroatoms. The van der Waals surface area contributed by atoms with Crippen molar-refractivity contribution in [2.24, 2.45) is 5.73 Å². The predicted molar refractivity (Wildman–Crippen MR) is 32.5 cm³/mol. The minimum absolute atomic E-state index is 0.0417. The van der Waals surface area contributed by atoms with Crippen molar-refractivity contribution in [2.45, 2.75) is 13.0 Å². The maximum absolute atomic E-state index is 10.3. The molecule has 0 radical (unpaired) electrons. The van der Waals surface area contributed by atoms with Gasteiger partial charge in [-0.1, -0.05) is 15.9 Å². The fourth-order valence-electron chi connectivity index (χ4n) is 0.122. The topological polar surface area (TPSA) is 43.1 Å². The van der Waals surface area contributed by atoms with Crippen LogP contribution in [-0.2, 0) is 4.79 Å². The van der Waals surface area contributed by atoms with E-state index in [4.69, 9.17) is 5.73 Å². The predicted octanol–water partition coefficient (Wildman–Crippen LogP) is 0.298. The highest BCUT2D eigenvalue weighted by Crippen LogP contribution is 1.84. The van der Waals surface area contributed by atoms with Crippen molar-refractivity contribution < 1.29 is 4.79 Å². The van der Waals surface area contributed by atoms with Gasteiger partial charge in [-0.25, -0.2) is 0 Å². The van der Waals surface area contributed by atoms with E-state index in [1.54, 1.807) is 6.92 Å². The van der Waals surface area contributed by atoms with Gasteiger partial charge in [0, 0.05) is 0 Å². The maximum atomic E-state index is 10.3. The van der Waals surface area contributed by atoms with Gasteiger partial charge in [0.25, 0.3) is 0 Å². The first-order valence-corrected chi connectivity index (χ1v) is 3.15. The molecular formula is C4H8BrNO. The molecule has 0 fully saturated rings. The summed E-state index contributed by atoms with van der Waals surface area (Å²) in [6.07, 6.45) is 0. The second-order valence-electron chi connectivity index (χ2n) is 1.39. The molecule has 1 unspecified atom stereocenters. The van der Waals surface area contributed by atoms with Crippen LogP contribution in [-0.4, -0.2) is 17.2 Å². The molecule has 0 saturated carbocycles. The average molecular weight is 166 g/mol. The molecular weight excluding hydrogens is 158 g/mol. The molecule has 7 heavy (non-hydrogen) atoms. The van der Waals surface area contributed by atoms with Crippen molar-refractivity contribution in [1.82, 2.24) is 0 Å². The van der Waals surface area contributed by atoms with E-state index in [0.717, 1.165) is 0 Å². The highest BCUT2D eigenvalue weighted by atomic mass is 79.9. The molecule has 0 bridgehead atoms. The van der Waals surface area contributed by atoms with E-state index in [-0.39, 0.29) is 11.8 Å². The molecule has 2 nitrogen and oxygen atoms in total. The summed E-state index contributed by atoms with van der Waals surface area (Å²) in [5, 5.41) is 0.366. The van der Waals surface area contributed by atoms with Gasteiger partial charge in [0.1, 0.15) is 0 Å². The molecule has 0 aromatic carbocycles. The summed E-state index contributed by atoms with van der Waals surface area (Å²) in [4.78, 5) is 10.3. The fraction of sp³-hybridized carbons (Fsp3) is 0.750. The monoisotopic (exact) mass is 165 g/mol. The summed E-state index contributed by atoms with van der Waals surface area (Å²) >= 11 is 2.99. The Morgan fingerprint density at radius 2 is 2.43 bits per heavy atom. The smallest absolute Gasteiger partial charge is 0.159 e. The zero-order valence-corrected chi connectivity index (χ0v) is 5.73. The van der Waals surface area contributed by atoms with Crippen molar-refractivity contribution in [3.8, 4) is 0 Å². The summed E-state index contributed by atoms with van der Waals surface area (Å²) in [6.45, 7) is 1.67. The first-order valence-electron chi connectivity index (χ1n) is 2.02. The first-order chi connectivity index (χ1) is 3.18. The van der Waals surface area contributed by atoms with Crippen LogP contribution >= 0.6 is 15.9 Å². The summed E-state index contributed by atoms with van der Waals surface area (Å²) in [6, 6.07) is -0.320. The highest BCUT2D eigenvalue weighted by molar-refractivity contribution is 9.09. The summed E-state index contributed by atoms with van der Waals surface area (Å²) in [5.41, 5.74) is 5.17. The molecule has 1 atom stereocenters. The van der Waals surface area contributed by atoms with E-state index >= 15 is 0 Å². The minimum atomic E-state index is -0.320. The summed E-state index contributed by atoms with van der Waals surface area (Å²) in [7, 11) is 0. The van der Waals surface area contributed by atoms with Gasteiger partial charge >= 0.3 is 0 Å². The molecule has 0 amide bonds. The van der Waals surface area contributed by atoms with Crippen LogP contribution in [0.3, 0.4) is 0 Å². The SMILES string of the molecule is CC(N)C(=O)CBr. The van der Waals surface area contributed by atoms with E-state index in [1.807, 2.05) is 0 Å². The second kappa shape index (κ2) is 3.16. The molecule has 0 aromatic heterocycles. The quantitative estimate of drug-likeness (QED) is 0.599. The third-order valence-electron chi connectivity index (χ3n) is 0.640. The number of hydrogen-bond acceptors (Lipinski definition) is 2. The lowest BCUT2D eigenvalue weighted by Gasteiger charge is -1.95. The molecule has 42 valence electrons. The van der Waals surface area contributed by atoms with Crippen molar-refractivity contribution in [2.75, 3.05) is 5.33 Å². The number of hydrogen-bond donors (Lipinski definition) is 1. The molecule has 0 aromatic rings. The first kappa shape index (κ1) is 7.11. The van der Waals surface area contributed by atoms with Crippen LogP contribution < -0.4 is 5.73 Å². The number of alkyl halides is 1. The second-order valence-corrected chi connectivity index (χ2v) is 1.95. The lowest BCUT2D eigenvalue weighted by Crippen LogP contribution is -2.27. The van der Waals surface area contributed by atoms with E-state index in [9.17, 15) is 4.79 Å². The van der Waals surface area contributed by atoms with Crippen LogP contribution in [0.5, 0.6) is 0 Å². The lowest BCUT2D eigenvalue weighted by molar-refractivity contribution is -0.117. The Labute approximate surface area is 51.2 Å². The van der Waals surface area contributed by atoms with Crippen LogP contribution in [0.25, 0.3) is 0 Å². The number of Topliss-reactive ketones (excluding diaryl/α,β-unsaturated/α-hetero) is 1. The van der Waals surface area contributed by atoms with Gasteiger partial charge in [-0.3, -0.25) is 4.79 Å². The van der Waals surface area contributed by atoms with E-state index in [1.165, 1.54) is 0 Å². The van der Waals surface area contributed by atoms with Gasteiger partial charge in [-0.2, -0.15) is 0 Å². The van der Waals surface area contributed by atoms with E-state index in [2.05, 4.69) is 15.9 Å². The maximum Gasteiger partial charge on any atom is 0.159 e. The Kier molecular flexibility index (Phi) is 3.21. The van der Waals surface area contributed by atoms with Crippen LogP contribution in [0.15, 0.2) is 0 Å². The largest absolute Gasteiger partial charge is 0.322 e. The molecule has 0 spiro atoms. The lowest BCUT2D eigenvalue weighted by atomic mass is 10.3. The Hall–Kier alpha value is 0.110. The van der Waals surface area contributed by atoms with Gasteiger partial charge in [-0.15, -0.1) is 0 Å². The van der Waals surface area contributed by atoms with Gasteiger partial charge in [0.2, 0.25) is 0 Å². The number of rotatable bonds is 2. The number of carbonyl (C=O) groups excluding carboxylic acids is 1. The van der Waals surface area contributed by atoms with Crippen molar-refractivity contribution in [3.63, 3.8) is 0 Å². The number of ketones is 1. The Morgan fingerprint density at radius 3 is 2.43 bits per heavy atom. The third kappa shape index (κ3) is 2.76. The van der Waals surface area contributed by atoms with Crippen molar-refractivity contribution in [3.05, 3.63) is 0 Å². The van der Waals surface area contributed by atoms with Crippen LogP contribution in [0.4, 0.5) is 0 Å². The Bertz CT molecular complexity index is 72.1. The van der Waals surface area contributed by atoms with Crippen molar-refractivity contribution in [1.29, 1.82) is 0 Å². The third-order valence-corrected chi connectivity index (χ3v) is 1.19. The molecule has 0 saturated heterocycles. The molecule has 0 aliphatic carbocycles. The Morgan fingerprint density at radius 1 is 2.00 bits per heavy atom. The van der Waals surface area contributed by atoms with Gasteiger partial charge in [-0.05, 0) is 6.92 Å². The standard InChI is InChI=1S/C4H8BrNO/c1-3(6)4(7)2-5/h3H,2,6H2,1H3. The van der Waals surface area contributed by atoms with Crippen LogP contribution in [0.2, 0.25) is 0 Å². The van der Waals surface area contributed by atoms with E-state index < -0.39 is 0 Å². The molecule has 0 heterocycles. The molecule has 2 N–H and O–H groups in total. The van der Waals surface area contributed by atoms with Crippen LogP contribution in [0, 0.1) is 0 Å². The number of nitrogens with two attached hydrogens (primary N) is 1. The zero-order valence-electron chi connectivity index (χ0n) is 4.15. The summed E-state index contributed by atoms with van der Waals surface area (Å²) in [5.74, 6) is 0.0417. The molecule has 0 aliphatic heterocycles. The van der Waals surface area contributed by atoms with Gasteiger partial charge in [0.05, 0.1) is 11.4 Å². The highest BCUT2D eigenvalue weighted by Gasteiger charge is 2.02. The summed E-state index contributed by atoms with van der Waals surface area (Å²) < 4.78 is 0. The average Bonchev–Trinajstić information content (AvgIpc) is 1.65. The Balaban J connectivity index is 3.35. The van der Waals surface area contributed by atoms with E-state index in [0.29, 0.717) is 5.33 Å². The van der Waals surface area contributed by atoms with Crippen molar-refractivity contribution >= 4 is 21.7 Å². The zero-order chi connectivity index (χ0) is 5.86. The van der Waals surface area contributed by atoms with Gasteiger partial charge < -0.3 is 5.73 Å². The number of halogens is 1. The minimum Gasteiger partial charge on any atom is -0.322 e. The molecule has 0 rings (SSSR count).